The van der Waals surface area contributed by atoms with Crippen molar-refractivity contribution in [2.24, 2.45) is 7.05 Å². The van der Waals surface area contributed by atoms with E-state index in [0.29, 0.717) is 18.0 Å². The summed E-state index contributed by atoms with van der Waals surface area (Å²) in [5.41, 5.74) is 1.23. The van der Waals surface area contributed by atoms with Gasteiger partial charge >= 0.3 is 0 Å². The molecule has 1 fully saturated rings. The minimum atomic E-state index is -0.559. The summed E-state index contributed by atoms with van der Waals surface area (Å²) in [4.78, 5) is 14.5. The fourth-order valence-corrected chi connectivity index (χ4v) is 3.10. The fourth-order valence-electron chi connectivity index (χ4n) is 3.10. The van der Waals surface area contributed by atoms with Crippen LogP contribution in [0.25, 0.3) is 0 Å². The van der Waals surface area contributed by atoms with Crippen LogP contribution in [0, 0.1) is 0 Å². The first-order valence-corrected chi connectivity index (χ1v) is 7.74. The van der Waals surface area contributed by atoms with Crippen LogP contribution < -0.4 is 9.47 Å². The second kappa shape index (κ2) is 6.52. The van der Waals surface area contributed by atoms with Crippen molar-refractivity contribution in [2.75, 3.05) is 20.8 Å². The first-order valence-electron chi connectivity index (χ1n) is 7.74. The molecule has 24 heavy (non-hydrogen) atoms. The maximum atomic E-state index is 12.9. The van der Waals surface area contributed by atoms with E-state index in [1.165, 1.54) is 11.8 Å². The molecule has 0 saturated carbocycles. The van der Waals surface area contributed by atoms with E-state index < -0.39 is 6.10 Å². The van der Waals surface area contributed by atoms with Crippen molar-refractivity contribution in [2.45, 2.75) is 18.6 Å². The number of benzene rings is 1. The molecule has 1 aromatic carbocycles. The molecule has 0 aliphatic carbocycles. The second-order valence-corrected chi connectivity index (χ2v) is 5.83. The molecule has 2 heterocycles. The van der Waals surface area contributed by atoms with E-state index in [4.69, 9.17) is 9.47 Å². The van der Waals surface area contributed by atoms with Crippen LogP contribution in [-0.2, 0) is 7.05 Å². The third-order valence-electron chi connectivity index (χ3n) is 4.28. The average Bonchev–Trinajstić information content (AvgIpc) is 3.17. The first kappa shape index (κ1) is 16.3. The Bertz CT molecular complexity index is 743. The molecular formula is C17H21N3O4. The summed E-state index contributed by atoms with van der Waals surface area (Å²) < 4.78 is 11.9. The molecule has 7 nitrogen and oxygen atoms in total. The van der Waals surface area contributed by atoms with Crippen molar-refractivity contribution < 1.29 is 19.4 Å². The number of β-amino-alcohol motifs (C(OH)–C–C–N with tert-alkyl or cyclic N) is 1. The number of ether oxygens (including phenoxy) is 2. The Kier molecular flexibility index (Phi) is 4.44. The van der Waals surface area contributed by atoms with Crippen LogP contribution in [-0.4, -0.2) is 52.6 Å². The van der Waals surface area contributed by atoms with Crippen LogP contribution in [0.5, 0.6) is 11.6 Å². The molecule has 0 unspecified atom stereocenters. The summed E-state index contributed by atoms with van der Waals surface area (Å²) in [6.45, 7) is 0.277. The minimum absolute atomic E-state index is 0.212. The van der Waals surface area contributed by atoms with Crippen LogP contribution in [0.1, 0.15) is 28.5 Å². The zero-order chi connectivity index (χ0) is 17.3. The lowest BCUT2D eigenvalue weighted by atomic mass is 10.0. The van der Waals surface area contributed by atoms with Crippen LogP contribution in [0.15, 0.2) is 30.3 Å². The highest BCUT2D eigenvalue weighted by Gasteiger charge is 2.37. The molecule has 2 atom stereocenters. The predicted molar refractivity (Wildman–Crippen MR) is 87.2 cm³/mol. The van der Waals surface area contributed by atoms with Gasteiger partial charge in [0.1, 0.15) is 5.75 Å². The second-order valence-electron chi connectivity index (χ2n) is 5.83. The molecule has 1 amide bonds. The zero-order valence-electron chi connectivity index (χ0n) is 14.0. The third-order valence-corrected chi connectivity index (χ3v) is 4.28. The molecule has 1 aliphatic rings. The number of carbonyl (C=O) groups is 1. The Labute approximate surface area is 140 Å². The number of hydrogen-bond donors (Lipinski definition) is 1. The number of aliphatic hydroxyl groups excluding tert-OH is 1. The standard InChI is InChI=1S/C17H21N3O4/c1-19-16(24-3)9-14(18-19)17(22)20-10-12(21)8-15(20)11-5-4-6-13(7-11)23-2/h4-7,9,12,15,21H,8,10H2,1-3H3/t12-,15+/m1/s1. The predicted octanol–water partition coefficient (Wildman–Crippen LogP) is 1.39. The fraction of sp³-hybridized carbons (Fsp3) is 0.412. The number of carbonyl (C=O) groups excluding carboxylic acids is 1. The number of aryl methyl sites for hydroxylation is 1. The van der Waals surface area contributed by atoms with Crippen molar-refractivity contribution in [1.82, 2.24) is 14.7 Å². The van der Waals surface area contributed by atoms with Crippen LogP contribution in [0.4, 0.5) is 0 Å². The molecule has 1 saturated heterocycles. The van der Waals surface area contributed by atoms with Gasteiger partial charge in [0.2, 0.25) is 5.88 Å². The van der Waals surface area contributed by atoms with E-state index in [1.54, 1.807) is 25.1 Å². The molecule has 0 radical (unpaired) electrons. The summed E-state index contributed by atoms with van der Waals surface area (Å²) in [5, 5.41) is 14.3. The van der Waals surface area contributed by atoms with E-state index >= 15 is 0 Å². The van der Waals surface area contributed by atoms with E-state index in [-0.39, 0.29) is 18.5 Å². The van der Waals surface area contributed by atoms with E-state index in [9.17, 15) is 9.90 Å². The minimum Gasteiger partial charge on any atom is -0.497 e. The third kappa shape index (κ3) is 2.94. The summed E-state index contributed by atoms with van der Waals surface area (Å²) in [6, 6.07) is 8.95. The zero-order valence-corrected chi connectivity index (χ0v) is 14.0. The van der Waals surface area contributed by atoms with Crippen molar-refractivity contribution >= 4 is 5.91 Å². The number of hydrogen-bond acceptors (Lipinski definition) is 5. The van der Waals surface area contributed by atoms with Gasteiger partial charge in [-0.3, -0.25) is 4.79 Å². The van der Waals surface area contributed by atoms with Gasteiger partial charge in [-0.1, -0.05) is 12.1 Å². The lowest BCUT2D eigenvalue weighted by Gasteiger charge is -2.24. The number of rotatable bonds is 4. The van der Waals surface area contributed by atoms with Crippen molar-refractivity contribution in [3.05, 3.63) is 41.6 Å². The molecule has 1 aromatic heterocycles. The van der Waals surface area contributed by atoms with E-state index in [2.05, 4.69) is 5.10 Å². The van der Waals surface area contributed by atoms with E-state index in [1.807, 2.05) is 24.3 Å². The van der Waals surface area contributed by atoms with Crippen molar-refractivity contribution in [3.8, 4) is 11.6 Å². The van der Waals surface area contributed by atoms with Gasteiger partial charge in [-0.15, -0.1) is 0 Å². The molecule has 128 valence electrons. The smallest absolute Gasteiger partial charge is 0.275 e. The number of methoxy groups -OCH3 is 2. The van der Waals surface area contributed by atoms with Gasteiger partial charge < -0.3 is 19.5 Å². The van der Waals surface area contributed by atoms with Gasteiger partial charge in [0.15, 0.2) is 5.69 Å². The average molecular weight is 331 g/mol. The Morgan fingerprint density at radius 2 is 2.08 bits per heavy atom. The van der Waals surface area contributed by atoms with Crippen molar-refractivity contribution in [1.29, 1.82) is 0 Å². The SMILES string of the molecule is COc1cccc([C@@H]2C[C@@H](O)CN2C(=O)c2cc(OC)n(C)n2)c1. The summed E-state index contributed by atoms with van der Waals surface area (Å²) in [7, 11) is 4.85. The number of aliphatic hydroxyl groups is 1. The van der Waals surface area contributed by atoms with Gasteiger partial charge in [-0.05, 0) is 24.1 Å². The highest BCUT2D eigenvalue weighted by atomic mass is 16.5. The largest absolute Gasteiger partial charge is 0.497 e. The van der Waals surface area contributed by atoms with Gasteiger partial charge in [0.05, 0.1) is 26.4 Å². The van der Waals surface area contributed by atoms with Gasteiger partial charge in [0.25, 0.3) is 5.91 Å². The number of likely N-dealkylation sites (tertiary alicyclic amines) is 1. The van der Waals surface area contributed by atoms with Gasteiger partial charge in [-0.2, -0.15) is 5.10 Å². The number of nitrogens with zero attached hydrogens (tertiary/aromatic N) is 3. The summed E-state index contributed by atoms with van der Waals surface area (Å²) in [6.07, 6.45) is -0.0705. The normalized spacial score (nSPS) is 20.2. The lowest BCUT2D eigenvalue weighted by molar-refractivity contribution is 0.0709. The molecule has 1 aliphatic heterocycles. The molecule has 7 heteroatoms. The van der Waals surface area contributed by atoms with Crippen LogP contribution in [0.3, 0.4) is 0 Å². The van der Waals surface area contributed by atoms with Gasteiger partial charge in [-0.25, -0.2) is 4.68 Å². The Morgan fingerprint density at radius 3 is 2.75 bits per heavy atom. The molecule has 2 aromatic rings. The number of aromatic nitrogens is 2. The monoisotopic (exact) mass is 331 g/mol. The van der Waals surface area contributed by atoms with E-state index in [0.717, 1.165) is 11.3 Å². The maximum Gasteiger partial charge on any atom is 0.275 e. The Morgan fingerprint density at radius 1 is 1.29 bits per heavy atom. The van der Waals surface area contributed by atoms with Crippen LogP contribution >= 0.6 is 0 Å². The molecule has 1 N–H and O–H groups in total. The lowest BCUT2D eigenvalue weighted by Crippen LogP contribution is -2.32. The van der Waals surface area contributed by atoms with Crippen molar-refractivity contribution in [3.63, 3.8) is 0 Å². The van der Waals surface area contributed by atoms with Crippen LogP contribution in [0.2, 0.25) is 0 Å². The molecule has 0 bridgehead atoms. The first-order chi connectivity index (χ1) is 11.5. The topological polar surface area (TPSA) is 76.8 Å². The highest BCUT2D eigenvalue weighted by molar-refractivity contribution is 5.93. The Balaban J connectivity index is 1.90. The number of amides is 1. The maximum absolute atomic E-state index is 12.9. The highest BCUT2D eigenvalue weighted by Crippen LogP contribution is 2.34. The Hall–Kier alpha value is -2.54. The molecule has 0 spiro atoms. The molecular weight excluding hydrogens is 310 g/mol. The van der Waals surface area contributed by atoms with Gasteiger partial charge in [0, 0.05) is 19.7 Å². The quantitative estimate of drug-likeness (QED) is 0.916. The molecule has 3 rings (SSSR count). The summed E-state index contributed by atoms with van der Waals surface area (Å²) in [5.74, 6) is 1.01. The summed E-state index contributed by atoms with van der Waals surface area (Å²) >= 11 is 0.